The normalized spacial score (nSPS) is 54.8. The largest absolute Gasteiger partial charge is 0.317 e. The van der Waals surface area contributed by atoms with Crippen LogP contribution in [0.4, 0.5) is 0 Å². The third-order valence-electron chi connectivity index (χ3n) is 7.09. The van der Waals surface area contributed by atoms with Gasteiger partial charge in [-0.25, -0.2) is 0 Å². The van der Waals surface area contributed by atoms with Crippen molar-refractivity contribution in [2.45, 2.75) is 70.3 Å². The molecule has 5 aliphatic rings. The zero-order valence-corrected chi connectivity index (χ0v) is 12.0. The van der Waals surface area contributed by atoms with Crippen LogP contribution in [0.1, 0.15) is 64.2 Å². The summed E-state index contributed by atoms with van der Waals surface area (Å²) in [4.78, 5) is 0. The molecule has 5 rings (SSSR count). The second kappa shape index (κ2) is 4.23. The van der Waals surface area contributed by atoms with Crippen molar-refractivity contribution in [2.75, 3.05) is 7.05 Å². The highest BCUT2D eigenvalue weighted by molar-refractivity contribution is 5.04. The Balaban J connectivity index is 1.50. The second-order valence-electron chi connectivity index (χ2n) is 8.12. The third-order valence-corrected chi connectivity index (χ3v) is 7.09. The van der Waals surface area contributed by atoms with Crippen LogP contribution in [-0.4, -0.2) is 13.1 Å². The Morgan fingerprint density at radius 1 is 0.778 bits per heavy atom. The van der Waals surface area contributed by atoms with Crippen LogP contribution in [0.25, 0.3) is 0 Å². The summed E-state index contributed by atoms with van der Waals surface area (Å²) in [6.07, 6.45) is 15.6. The van der Waals surface area contributed by atoms with E-state index in [1.54, 1.807) is 38.5 Å². The molecular formula is C17H29N. The maximum atomic E-state index is 3.50. The van der Waals surface area contributed by atoms with Crippen LogP contribution in [0.15, 0.2) is 0 Å². The molecule has 18 heavy (non-hydrogen) atoms. The predicted octanol–water partition coefficient (Wildman–Crippen LogP) is 3.98. The van der Waals surface area contributed by atoms with E-state index in [2.05, 4.69) is 12.4 Å². The first-order chi connectivity index (χ1) is 8.77. The first-order valence-electron chi connectivity index (χ1n) is 8.45. The van der Waals surface area contributed by atoms with Crippen LogP contribution in [0.2, 0.25) is 0 Å². The maximum absolute atomic E-state index is 3.50. The highest BCUT2D eigenvalue weighted by atomic mass is 14.9. The van der Waals surface area contributed by atoms with Gasteiger partial charge in [-0.2, -0.15) is 0 Å². The van der Waals surface area contributed by atoms with Crippen molar-refractivity contribution >= 4 is 0 Å². The Labute approximate surface area is 112 Å². The molecule has 0 radical (unpaired) electrons. The van der Waals surface area contributed by atoms with E-state index in [0.717, 1.165) is 35.1 Å². The van der Waals surface area contributed by atoms with Crippen LogP contribution < -0.4 is 5.32 Å². The fraction of sp³-hybridized carbons (Fsp3) is 1.00. The molecule has 1 N–H and O–H groups in total. The maximum Gasteiger partial charge on any atom is 0.00642 e. The van der Waals surface area contributed by atoms with Gasteiger partial charge in [0, 0.05) is 6.04 Å². The van der Waals surface area contributed by atoms with Gasteiger partial charge in [0.2, 0.25) is 0 Å². The van der Waals surface area contributed by atoms with Crippen molar-refractivity contribution in [1.29, 1.82) is 0 Å². The van der Waals surface area contributed by atoms with Gasteiger partial charge in [-0.1, -0.05) is 0 Å². The molecule has 5 aliphatic carbocycles. The van der Waals surface area contributed by atoms with Crippen molar-refractivity contribution in [1.82, 2.24) is 5.32 Å². The Hall–Kier alpha value is -0.0400. The second-order valence-corrected chi connectivity index (χ2v) is 8.12. The van der Waals surface area contributed by atoms with E-state index in [1.807, 2.05) is 0 Å². The van der Waals surface area contributed by atoms with Crippen molar-refractivity contribution < 1.29 is 0 Å². The van der Waals surface area contributed by atoms with Crippen molar-refractivity contribution in [3.63, 3.8) is 0 Å². The van der Waals surface area contributed by atoms with Crippen LogP contribution in [0, 0.1) is 29.1 Å². The molecule has 5 fully saturated rings. The molecule has 0 aromatic rings. The minimum Gasteiger partial charge on any atom is -0.317 e. The van der Waals surface area contributed by atoms with E-state index in [1.165, 1.54) is 25.7 Å². The number of hydrogen-bond acceptors (Lipinski definition) is 1. The molecule has 0 atom stereocenters. The molecule has 0 saturated heterocycles. The average Bonchev–Trinajstić information content (AvgIpc) is 2.37. The van der Waals surface area contributed by atoms with Crippen molar-refractivity contribution in [3.8, 4) is 0 Å². The van der Waals surface area contributed by atoms with Gasteiger partial charge in [0.05, 0.1) is 0 Å². The highest BCUT2D eigenvalue weighted by Crippen LogP contribution is 2.64. The lowest BCUT2D eigenvalue weighted by Crippen LogP contribution is -2.50. The Kier molecular flexibility index (Phi) is 2.76. The lowest BCUT2D eigenvalue weighted by molar-refractivity contribution is -0.0961. The van der Waals surface area contributed by atoms with E-state index >= 15 is 0 Å². The fourth-order valence-corrected chi connectivity index (χ4v) is 6.67. The van der Waals surface area contributed by atoms with Gasteiger partial charge >= 0.3 is 0 Å². The Morgan fingerprint density at radius 3 is 1.72 bits per heavy atom. The molecule has 0 unspecified atom stereocenters. The Morgan fingerprint density at radius 2 is 1.28 bits per heavy atom. The van der Waals surface area contributed by atoms with Crippen LogP contribution in [0.5, 0.6) is 0 Å². The predicted molar refractivity (Wildman–Crippen MR) is 75.4 cm³/mol. The van der Waals surface area contributed by atoms with Gasteiger partial charge in [-0.15, -0.1) is 0 Å². The number of rotatable bonds is 2. The lowest BCUT2D eigenvalue weighted by atomic mass is 9.45. The van der Waals surface area contributed by atoms with Gasteiger partial charge in [0.25, 0.3) is 0 Å². The summed E-state index contributed by atoms with van der Waals surface area (Å²) in [5.74, 6) is 4.50. The molecule has 4 bridgehead atoms. The van der Waals surface area contributed by atoms with E-state index in [0.29, 0.717) is 0 Å². The van der Waals surface area contributed by atoms with Crippen molar-refractivity contribution in [3.05, 3.63) is 0 Å². The summed E-state index contributed by atoms with van der Waals surface area (Å²) in [5.41, 5.74) is 0.827. The monoisotopic (exact) mass is 247 g/mol. The summed E-state index contributed by atoms with van der Waals surface area (Å²) in [6, 6.07) is 0.829. The molecule has 102 valence electrons. The molecule has 0 aromatic heterocycles. The zero-order chi connectivity index (χ0) is 12.2. The molecule has 5 saturated carbocycles. The molecule has 0 amide bonds. The topological polar surface area (TPSA) is 12.0 Å². The summed E-state index contributed by atoms with van der Waals surface area (Å²) in [7, 11) is 2.15. The summed E-state index contributed by atoms with van der Waals surface area (Å²) >= 11 is 0. The highest BCUT2D eigenvalue weighted by Gasteiger charge is 2.54. The van der Waals surface area contributed by atoms with Gasteiger partial charge in [-0.3, -0.25) is 0 Å². The smallest absolute Gasteiger partial charge is 0.00642 e. The van der Waals surface area contributed by atoms with E-state index < -0.39 is 0 Å². The van der Waals surface area contributed by atoms with E-state index in [9.17, 15) is 0 Å². The first-order valence-corrected chi connectivity index (χ1v) is 8.45. The van der Waals surface area contributed by atoms with Gasteiger partial charge in [-0.05, 0) is 100 Å². The van der Waals surface area contributed by atoms with Crippen molar-refractivity contribution in [2.24, 2.45) is 29.1 Å². The molecule has 0 heterocycles. The number of hydrogen-bond donors (Lipinski definition) is 1. The van der Waals surface area contributed by atoms with Crippen LogP contribution in [0.3, 0.4) is 0 Å². The lowest BCUT2D eigenvalue weighted by Gasteiger charge is -2.60. The molecule has 1 nitrogen and oxygen atoms in total. The minimum atomic E-state index is 0.827. The van der Waals surface area contributed by atoms with Crippen LogP contribution >= 0.6 is 0 Å². The van der Waals surface area contributed by atoms with Gasteiger partial charge < -0.3 is 5.32 Å². The zero-order valence-electron chi connectivity index (χ0n) is 12.0. The fourth-order valence-electron chi connectivity index (χ4n) is 6.67. The SMILES string of the molecule is CNC1CCC(C23CC4CC(CC(C4)C2)C3)CC1. The van der Waals surface area contributed by atoms with E-state index in [-0.39, 0.29) is 0 Å². The summed E-state index contributed by atoms with van der Waals surface area (Å²) < 4.78 is 0. The molecular weight excluding hydrogens is 218 g/mol. The summed E-state index contributed by atoms with van der Waals surface area (Å²) in [5, 5.41) is 3.50. The molecule has 0 aromatic carbocycles. The van der Waals surface area contributed by atoms with Crippen LogP contribution in [-0.2, 0) is 0 Å². The average molecular weight is 247 g/mol. The van der Waals surface area contributed by atoms with Gasteiger partial charge in [0.1, 0.15) is 0 Å². The quantitative estimate of drug-likeness (QED) is 0.778. The van der Waals surface area contributed by atoms with E-state index in [4.69, 9.17) is 0 Å². The Bertz CT molecular complexity index is 278. The van der Waals surface area contributed by atoms with Gasteiger partial charge in [0.15, 0.2) is 0 Å². The molecule has 1 heteroatoms. The standard InChI is InChI=1S/C17H29N/c1-18-16-4-2-15(3-5-16)17-9-12-6-13(10-17)8-14(7-12)11-17/h12-16,18H,2-11H2,1H3. The number of nitrogens with one attached hydrogen (secondary N) is 1. The third kappa shape index (κ3) is 1.77. The molecule has 0 aliphatic heterocycles. The minimum absolute atomic E-state index is 0.827. The first kappa shape index (κ1) is 11.8. The summed E-state index contributed by atoms with van der Waals surface area (Å²) in [6.45, 7) is 0. The molecule has 0 spiro atoms.